The molecule has 0 aliphatic heterocycles. The molecule has 3 amide bonds. The highest BCUT2D eigenvalue weighted by Gasteiger charge is 2.20. The van der Waals surface area contributed by atoms with Gasteiger partial charge in [-0.15, -0.1) is 10.2 Å². The van der Waals surface area contributed by atoms with Crippen LogP contribution in [0.25, 0.3) is 11.4 Å². The van der Waals surface area contributed by atoms with Crippen LogP contribution in [0.4, 0.5) is 9.18 Å². The molecule has 0 radical (unpaired) electrons. The van der Waals surface area contributed by atoms with Crippen molar-refractivity contribution in [2.45, 2.75) is 17.3 Å². The van der Waals surface area contributed by atoms with E-state index in [0.29, 0.717) is 16.5 Å². The summed E-state index contributed by atoms with van der Waals surface area (Å²) < 4.78 is 14.6. The zero-order valence-electron chi connectivity index (χ0n) is 11.9. The first-order chi connectivity index (χ1) is 10.4. The first kappa shape index (κ1) is 16.0. The summed E-state index contributed by atoms with van der Waals surface area (Å²) in [4.78, 5) is 22.3. The van der Waals surface area contributed by atoms with Crippen molar-refractivity contribution in [2.24, 2.45) is 12.8 Å². The smallest absolute Gasteiger partial charge is 0.318 e. The molecule has 116 valence electrons. The van der Waals surface area contributed by atoms with Crippen LogP contribution in [0.15, 0.2) is 29.4 Å². The van der Waals surface area contributed by atoms with Crippen molar-refractivity contribution in [3.8, 4) is 11.4 Å². The summed E-state index contributed by atoms with van der Waals surface area (Å²) >= 11 is 1.13. The van der Waals surface area contributed by atoms with Gasteiger partial charge in [0.25, 0.3) is 0 Å². The topological polar surface area (TPSA) is 103 Å². The van der Waals surface area contributed by atoms with E-state index in [0.717, 1.165) is 11.8 Å². The number of imide groups is 1. The van der Waals surface area contributed by atoms with Crippen LogP contribution in [0.2, 0.25) is 0 Å². The quantitative estimate of drug-likeness (QED) is 0.826. The van der Waals surface area contributed by atoms with Crippen molar-refractivity contribution in [3.63, 3.8) is 0 Å². The Labute approximate surface area is 130 Å². The number of aromatic nitrogens is 3. The van der Waals surface area contributed by atoms with E-state index >= 15 is 0 Å². The van der Waals surface area contributed by atoms with E-state index in [-0.39, 0.29) is 5.82 Å². The van der Waals surface area contributed by atoms with Crippen LogP contribution in [0.1, 0.15) is 6.92 Å². The average molecular weight is 323 g/mol. The minimum atomic E-state index is -0.901. The molecule has 0 bridgehead atoms. The van der Waals surface area contributed by atoms with E-state index in [4.69, 9.17) is 5.73 Å². The van der Waals surface area contributed by atoms with E-state index in [9.17, 15) is 14.0 Å². The SMILES string of the molecule is C[C@@H](Sc1nnc(-c2ccc(F)cc2)n1C)C(=O)NC(N)=O. The van der Waals surface area contributed by atoms with E-state index < -0.39 is 17.2 Å². The Kier molecular flexibility index (Phi) is 4.76. The van der Waals surface area contributed by atoms with Gasteiger partial charge in [-0.2, -0.15) is 0 Å². The second-order valence-corrected chi connectivity index (χ2v) is 5.79. The van der Waals surface area contributed by atoms with Gasteiger partial charge in [0.1, 0.15) is 5.82 Å². The van der Waals surface area contributed by atoms with Gasteiger partial charge in [0.2, 0.25) is 5.91 Å². The third-order valence-electron chi connectivity index (χ3n) is 2.84. The second kappa shape index (κ2) is 6.56. The number of nitrogens with two attached hydrogens (primary N) is 1. The van der Waals surface area contributed by atoms with Crippen LogP contribution in [0.5, 0.6) is 0 Å². The largest absolute Gasteiger partial charge is 0.351 e. The maximum atomic E-state index is 12.9. The van der Waals surface area contributed by atoms with Gasteiger partial charge in [0.15, 0.2) is 11.0 Å². The van der Waals surface area contributed by atoms with Crippen LogP contribution in [0.3, 0.4) is 0 Å². The second-order valence-electron chi connectivity index (χ2n) is 4.49. The predicted octanol–water partition coefficient (Wildman–Crippen LogP) is 1.30. The lowest BCUT2D eigenvalue weighted by molar-refractivity contribution is -0.119. The van der Waals surface area contributed by atoms with Crippen LogP contribution in [-0.2, 0) is 11.8 Å². The van der Waals surface area contributed by atoms with Gasteiger partial charge in [-0.05, 0) is 31.2 Å². The summed E-state index contributed by atoms with van der Waals surface area (Å²) in [6.07, 6.45) is 0. The molecule has 1 heterocycles. The number of rotatable bonds is 4. The van der Waals surface area contributed by atoms with Crippen molar-refractivity contribution >= 4 is 23.7 Å². The van der Waals surface area contributed by atoms with Crippen molar-refractivity contribution in [1.82, 2.24) is 20.1 Å². The number of carbonyl (C=O) groups is 2. The third kappa shape index (κ3) is 3.61. The normalized spacial score (nSPS) is 12.0. The number of amides is 3. The zero-order chi connectivity index (χ0) is 16.3. The molecule has 2 aromatic rings. The molecule has 0 aliphatic carbocycles. The molecule has 3 N–H and O–H groups in total. The minimum Gasteiger partial charge on any atom is -0.351 e. The summed E-state index contributed by atoms with van der Waals surface area (Å²) in [5.74, 6) is -0.300. The molecule has 0 saturated carbocycles. The van der Waals surface area contributed by atoms with Gasteiger partial charge in [0, 0.05) is 12.6 Å². The fourth-order valence-electron chi connectivity index (χ4n) is 1.70. The molecule has 2 rings (SSSR count). The fraction of sp³-hybridized carbons (Fsp3) is 0.231. The number of halogens is 1. The highest BCUT2D eigenvalue weighted by molar-refractivity contribution is 8.00. The van der Waals surface area contributed by atoms with Crippen LogP contribution >= 0.6 is 11.8 Å². The summed E-state index contributed by atoms with van der Waals surface area (Å²) in [5, 5.41) is 9.96. The highest BCUT2D eigenvalue weighted by Crippen LogP contribution is 2.25. The zero-order valence-corrected chi connectivity index (χ0v) is 12.7. The molecule has 0 unspecified atom stereocenters. The van der Waals surface area contributed by atoms with E-state index in [2.05, 4.69) is 10.2 Å². The molecule has 0 spiro atoms. The maximum Gasteiger partial charge on any atom is 0.318 e. The van der Waals surface area contributed by atoms with Gasteiger partial charge >= 0.3 is 6.03 Å². The number of hydrogen-bond donors (Lipinski definition) is 2. The molecule has 0 aliphatic rings. The van der Waals surface area contributed by atoms with Gasteiger partial charge in [-0.25, -0.2) is 9.18 Å². The highest BCUT2D eigenvalue weighted by atomic mass is 32.2. The van der Waals surface area contributed by atoms with Gasteiger partial charge in [-0.3, -0.25) is 10.1 Å². The first-order valence-electron chi connectivity index (χ1n) is 6.30. The van der Waals surface area contributed by atoms with Crippen molar-refractivity contribution < 1.29 is 14.0 Å². The Morgan fingerprint density at radius 1 is 1.32 bits per heavy atom. The molecule has 1 aromatic heterocycles. The summed E-state index contributed by atoms with van der Waals surface area (Å²) in [7, 11) is 1.74. The number of thioether (sulfide) groups is 1. The number of nitrogens with zero attached hydrogens (tertiary/aromatic N) is 3. The average Bonchev–Trinajstić information content (AvgIpc) is 2.80. The molecule has 7 nitrogen and oxygen atoms in total. The molecule has 9 heteroatoms. The molecular formula is C13H14FN5O2S. The van der Waals surface area contributed by atoms with Crippen molar-refractivity contribution in [3.05, 3.63) is 30.1 Å². The number of primary amides is 1. The van der Waals surface area contributed by atoms with Crippen LogP contribution in [-0.4, -0.2) is 32.0 Å². The Bertz CT molecular complexity index is 701. The van der Waals surface area contributed by atoms with Crippen LogP contribution < -0.4 is 11.1 Å². The van der Waals surface area contributed by atoms with Crippen LogP contribution in [0, 0.1) is 5.82 Å². The molecule has 22 heavy (non-hydrogen) atoms. The summed E-state index contributed by atoms with van der Waals surface area (Å²) in [6, 6.07) is 4.95. The van der Waals surface area contributed by atoms with Gasteiger partial charge < -0.3 is 10.3 Å². The maximum absolute atomic E-state index is 12.9. The van der Waals surface area contributed by atoms with Crippen molar-refractivity contribution in [2.75, 3.05) is 0 Å². The van der Waals surface area contributed by atoms with E-state index in [1.807, 2.05) is 5.32 Å². The number of urea groups is 1. The monoisotopic (exact) mass is 323 g/mol. The van der Waals surface area contributed by atoms with Gasteiger partial charge in [-0.1, -0.05) is 11.8 Å². The fourth-order valence-corrected chi connectivity index (χ4v) is 2.52. The molecule has 0 fully saturated rings. The molecular weight excluding hydrogens is 309 g/mol. The third-order valence-corrected chi connectivity index (χ3v) is 3.97. The first-order valence-corrected chi connectivity index (χ1v) is 7.18. The predicted molar refractivity (Wildman–Crippen MR) is 79.4 cm³/mol. The van der Waals surface area contributed by atoms with Crippen molar-refractivity contribution in [1.29, 1.82) is 0 Å². The Morgan fingerprint density at radius 2 is 1.95 bits per heavy atom. The van der Waals surface area contributed by atoms with E-state index in [1.54, 1.807) is 30.7 Å². The lowest BCUT2D eigenvalue weighted by Gasteiger charge is -2.09. The molecule has 1 atom stereocenters. The number of carbonyl (C=O) groups excluding carboxylic acids is 2. The number of hydrogen-bond acceptors (Lipinski definition) is 5. The molecule has 0 saturated heterocycles. The summed E-state index contributed by atoms with van der Waals surface area (Å²) in [5.41, 5.74) is 5.61. The van der Waals surface area contributed by atoms with Gasteiger partial charge in [0.05, 0.1) is 5.25 Å². The Morgan fingerprint density at radius 3 is 2.55 bits per heavy atom. The standard InChI is InChI=1S/C13H14FN5O2S/c1-7(11(20)16-12(15)21)22-13-18-17-10(19(13)2)8-3-5-9(14)6-4-8/h3-7H,1-2H3,(H3,15,16,20,21)/t7-/m1/s1. The Hall–Kier alpha value is -2.42. The molecule has 1 aromatic carbocycles. The van der Waals surface area contributed by atoms with E-state index in [1.165, 1.54) is 12.1 Å². The lowest BCUT2D eigenvalue weighted by atomic mass is 10.2. The number of nitrogens with one attached hydrogen (secondary N) is 1. The number of benzene rings is 1. The Balaban J connectivity index is 2.16. The lowest BCUT2D eigenvalue weighted by Crippen LogP contribution is -2.39. The minimum absolute atomic E-state index is 0.336. The summed E-state index contributed by atoms with van der Waals surface area (Å²) in [6.45, 7) is 1.62.